The summed E-state index contributed by atoms with van der Waals surface area (Å²) >= 11 is 0. The van der Waals surface area contributed by atoms with Gasteiger partial charge in [-0.3, -0.25) is 4.79 Å². The highest BCUT2D eigenvalue weighted by Crippen LogP contribution is 2.30. The average molecular weight is 317 g/mol. The van der Waals surface area contributed by atoms with Crippen molar-refractivity contribution < 1.29 is 14.3 Å². The van der Waals surface area contributed by atoms with E-state index in [-0.39, 0.29) is 18.0 Å². The number of aliphatic hydroxyl groups is 1. The lowest BCUT2D eigenvalue weighted by atomic mass is 9.85. The molecule has 1 aromatic carbocycles. The van der Waals surface area contributed by atoms with Gasteiger partial charge < -0.3 is 10.0 Å². The molecule has 2 rings (SSSR count). The second-order valence-electron chi connectivity index (χ2n) is 6.04. The first-order chi connectivity index (χ1) is 11.1. The normalized spacial score (nSPS) is 16.1. The number of hydrogen-bond donors (Lipinski definition) is 1. The van der Waals surface area contributed by atoms with Crippen molar-refractivity contribution >= 4 is 5.91 Å². The molecule has 0 atom stereocenters. The maximum absolute atomic E-state index is 14.3. The highest BCUT2D eigenvalue weighted by Gasteiger charge is 2.27. The minimum absolute atomic E-state index is 0.160. The Bertz CT molecular complexity index is 600. The molecule has 3 nitrogen and oxygen atoms in total. The molecule has 0 saturated heterocycles. The van der Waals surface area contributed by atoms with Gasteiger partial charge in [0.1, 0.15) is 5.83 Å². The minimum Gasteiger partial charge on any atom is -0.516 e. The average Bonchev–Trinajstić information content (AvgIpc) is 2.52. The molecule has 23 heavy (non-hydrogen) atoms. The molecule has 0 radical (unpaired) electrons. The predicted molar refractivity (Wildman–Crippen MR) is 89.8 cm³/mol. The van der Waals surface area contributed by atoms with E-state index in [0.29, 0.717) is 18.0 Å². The number of aryl methyl sites for hydroxylation is 1. The summed E-state index contributed by atoms with van der Waals surface area (Å²) in [5.74, 6) is -0.222. The maximum Gasteiger partial charge on any atom is 0.258 e. The number of carbonyl (C=O) groups excluding carboxylic acids is 1. The van der Waals surface area contributed by atoms with Crippen LogP contribution in [0.2, 0.25) is 0 Å². The van der Waals surface area contributed by atoms with Crippen molar-refractivity contribution in [1.29, 1.82) is 0 Å². The molecule has 0 unspecified atom stereocenters. The Morgan fingerprint density at radius 3 is 2.48 bits per heavy atom. The topological polar surface area (TPSA) is 40.5 Å². The first kappa shape index (κ1) is 17.3. The molecule has 1 aliphatic carbocycles. The summed E-state index contributed by atoms with van der Waals surface area (Å²) in [4.78, 5) is 14.4. The SMILES string of the molecule is CC/C(F)=C(\C=C/O)N(CC1CCC1)C(=O)c1ccc(C)cc1. The summed E-state index contributed by atoms with van der Waals surface area (Å²) in [6.07, 6.45) is 5.51. The van der Waals surface area contributed by atoms with E-state index in [1.807, 2.05) is 19.1 Å². The van der Waals surface area contributed by atoms with Crippen molar-refractivity contribution in [3.05, 3.63) is 59.3 Å². The molecular formula is C19H24FNO2. The monoisotopic (exact) mass is 317 g/mol. The lowest BCUT2D eigenvalue weighted by Crippen LogP contribution is -2.37. The fourth-order valence-corrected chi connectivity index (χ4v) is 2.65. The van der Waals surface area contributed by atoms with Crippen LogP contribution in [0.15, 0.2) is 48.1 Å². The first-order valence-corrected chi connectivity index (χ1v) is 8.14. The van der Waals surface area contributed by atoms with Crippen LogP contribution >= 0.6 is 0 Å². The predicted octanol–water partition coefficient (Wildman–Crippen LogP) is 4.90. The van der Waals surface area contributed by atoms with Crippen LogP contribution in [0, 0.1) is 12.8 Å². The zero-order chi connectivity index (χ0) is 16.8. The van der Waals surface area contributed by atoms with Gasteiger partial charge in [0.2, 0.25) is 0 Å². The molecule has 0 aliphatic heterocycles. The standard InChI is InChI=1S/C19H24FNO2/c1-3-17(20)18(11-12-22)21(13-15-5-4-6-15)19(23)16-9-7-14(2)8-10-16/h7-12,15,22H,3-6,13H2,1-2H3/b12-11-,18-17-. The number of halogens is 1. The molecule has 1 fully saturated rings. The van der Waals surface area contributed by atoms with E-state index >= 15 is 0 Å². The number of rotatable bonds is 6. The molecule has 0 bridgehead atoms. The third-order valence-electron chi connectivity index (χ3n) is 4.32. The summed E-state index contributed by atoms with van der Waals surface area (Å²) in [5, 5.41) is 9.10. The zero-order valence-corrected chi connectivity index (χ0v) is 13.8. The lowest BCUT2D eigenvalue weighted by Gasteiger charge is -2.33. The van der Waals surface area contributed by atoms with Gasteiger partial charge in [0.15, 0.2) is 0 Å². The van der Waals surface area contributed by atoms with Crippen molar-refractivity contribution in [2.75, 3.05) is 6.54 Å². The maximum atomic E-state index is 14.3. The number of aliphatic hydroxyl groups excluding tert-OH is 1. The molecular weight excluding hydrogens is 293 g/mol. The van der Waals surface area contributed by atoms with Crippen LogP contribution in [-0.2, 0) is 0 Å². The zero-order valence-electron chi connectivity index (χ0n) is 13.8. The van der Waals surface area contributed by atoms with Crippen LogP contribution in [0.25, 0.3) is 0 Å². The Morgan fingerprint density at radius 2 is 2.00 bits per heavy atom. The summed E-state index contributed by atoms with van der Waals surface area (Å²) in [6, 6.07) is 7.26. The molecule has 124 valence electrons. The second-order valence-corrected chi connectivity index (χ2v) is 6.04. The van der Waals surface area contributed by atoms with Crippen LogP contribution in [0.4, 0.5) is 4.39 Å². The summed E-state index contributed by atoms with van der Waals surface area (Å²) in [5.41, 5.74) is 1.76. The Kier molecular flexibility index (Phi) is 5.97. The molecule has 0 aromatic heterocycles. The van der Waals surface area contributed by atoms with Gasteiger partial charge in [-0.1, -0.05) is 31.0 Å². The smallest absolute Gasteiger partial charge is 0.258 e. The number of amides is 1. The third kappa shape index (κ3) is 4.21. The van der Waals surface area contributed by atoms with Crippen LogP contribution in [-0.4, -0.2) is 22.5 Å². The Labute approximate surface area is 137 Å². The highest BCUT2D eigenvalue weighted by atomic mass is 19.1. The van der Waals surface area contributed by atoms with E-state index in [2.05, 4.69) is 0 Å². The van der Waals surface area contributed by atoms with E-state index in [1.54, 1.807) is 19.1 Å². The Morgan fingerprint density at radius 1 is 1.35 bits per heavy atom. The first-order valence-electron chi connectivity index (χ1n) is 8.14. The van der Waals surface area contributed by atoms with Gasteiger partial charge in [0.05, 0.1) is 12.0 Å². The van der Waals surface area contributed by atoms with Crippen molar-refractivity contribution in [2.24, 2.45) is 5.92 Å². The van der Waals surface area contributed by atoms with Crippen molar-refractivity contribution in [2.45, 2.75) is 39.5 Å². The van der Waals surface area contributed by atoms with E-state index in [1.165, 1.54) is 11.0 Å². The van der Waals surface area contributed by atoms with E-state index in [4.69, 9.17) is 5.11 Å². The van der Waals surface area contributed by atoms with E-state index in [9.17, 15) is 9.18 Å². The van der Waals surface area contributed by atoms with Crippen molar-refractivity contribution in [3.8, 4) is 0 Å². The lowest BCUT2D eigenvalue weighted by molar-refractivity contribution is 0.0758. The van der Waals surface area contributed by atoms with Gasteiger partial charge in [0.25, 0.3) is 5.91 Å². The molecule has 0 heterocycles. The summed E-state index contributed by atoms with van der Waals surface area (Å²) < 4.78 is 14.3. The fraction of sp³-hybridized carbons (Fsp3) is 0.421. The van der Waals surface area contributed by atoms with E-state index in [0.717, 1.165) is 31.1 Å². The van der Waals surface area contributed by atoms with E-state index < -0.39 is 5.83 Å². The largest absolute Gasteiger partial charge is 0.516 e. The van der Waals surface area contributed by atoms with Gasteiger partial charge in [-0.25, -0.2) is 4.39 Å². The molecule has 1 aromatic rings. The highest BCUT2D eigenvalue weighted by molar-refractivity contribution is 5.95. The molecule has 1 saturated carbocycles. The molecule has 0 spiro atoms. The van der Waals surface area contributed by atoms with Crippen LogP contribution in [0.1, 0.15) is 48.5 Å². The third-order valence-corrected chi connectivity index (χ3v) is 4.32. The van der Waals surface area contributed by atoms with Crippen LogP contribution in [0.3, 0.4) is 0 Å². The number of nitrogens with zero attached hydrogens (tertiary/aromatic N) is 1. The van der Waals surface area contributed by atoms with Crippen molar-refractivity contribution in [1.82, 2.24) is 4.90 Å². The summed E-state index contributed by atoms with van der Waals surface area (Å²) in [7, 11) is 0. The van der Waals surface area contributed by atoms with Crippen LogP contribution in [0.5, 0.6) is 0 Å². The molecule has 1 N–H and O–H groups in total. The summed E-state index contributed by atoms with van der Waals surface area (Å²) in [6.45, 7) is 4.13. The second kappa shape index (κ2) is 7.95. The Balaban J connectivity index is 2.35. The number of hydrogen-bond acceptors (Lipinski definition) is 2. The molecule has 1 aliphatic rings. The van der Waals surface area contributed by atoms with Gasteiger partial charge >= 0.3 is 0 Å². The van der Waals surface area contributed by atoms with Gasteiger partial charge in [-0.15, -0.1) is 0 Å². The quantitative estimate of drug-likeness (QED) is 0.599. The number of carbonyl (C=O) groups is 1. The minimum atomic E-state index is -0.393. The number of benzene rings is 1. The van der Waals surface area contributed by atoms with Gasteiger partial charge in [-0.05, 0) is 50.3 Å². The molecule has 1 amide bonds. The molecule has 4 heteroatoms. The van der Waals surface area contributed by atoms with Gasteiger partial charge in [-0.2, -0.15) is 0 Å². The van der Waals surface area contributed by atoms with Crippen molar-refractivity contribution in [3.63, 3.8) is 0 Å². The number of allylic oxidation sites excluding steroid dienone is 2. The van der Waals surface area contributed by atoms with Gasteiger partial charge in [0, 0.05) is 12.1 Å². The fourth-order valence-electron chi connectivity index (χ4n) is 2.65. The Hall–Kier alpha value is -2.10. The van der Waals surface area contributed by atoms with Crippen LogP contribution < -0.4 is 0 Å².